The predicted octanol–water partition coefficient (Wildman–Crippen LogP) is 2.28. The van der Waals surface area contributed by atoms with Crippen molar-refractivity contribution in [1.29, 1.82) is 0 Å². The van der Waals surface area contributed by atoms with E-state index in [-0.39, 0.29) is 28.0 Å². The van der Waals surface area contributed by atoms with Gasteiger partial charge in [0.15, 0.2) is 11.5 Å². The molecule has 21 heavy (non-hydrogen) atoms. The number of carbonyl (C=O) groups excluding carboxylic acids is 1. The molecule has 0 fully saturated rings. The molecule has 0 aliphatic carbocycles. The van der Waals surface area contributed by atoms with E-state index in [4.69, 9.17) is 21.4 Å². The summed E-state index contributed by atoms with van der Waals surface area (Å²) in [7, 11) is 0. The lowest BCUT2D eigenvalue weighted by molar-refractivity contribution is -0.140. The zero-order valence-electron chi connectivity index (χ0n) is 12.0. The van der Waals surface area contributed by atoms with Crippen LogP contribution in [0.25, 0.3) is 0 Å². The van der Waals surface area contributed by atoms with Crippen molar-refractivity contribution >= 4 is 23.5 Å². The van der Waals surface area contributed by atoms with Crippen LogP contribution in [0.4, 0.5) is 0 Å². The van der Waals surface area contributed by atoms with Crippen LogP contribution in [0.15, 0.2) is 12.1 Å². The van der Waals surface area contributed by atoms with E-state index in [1.54, 1.807) is 20.8 Å². The van der Waals surface area contributed by atoms with Gasteiger partial charge in [0.2, 0.25) is 0 Å². The van der Waals surface area contributed by atoms with Crippen molar-refractivity contribution in [2.45, 2.75) is 26.8 Å². The summed E-state index contributed by atoms with van der Waals surface area (Å²) in [4.78, 5) is 23.2. The van der Waals surface area contributed by atoms with Gasteiger partial charge in [-0.3, -0.25) is 4.79 Å². The first-order chi connectivity index (χ1) is 9.77. The van der Waals surface area contributed by atoms with E-state index < -0.39 is 17.9 Å². The average Bonchev–Trinajstić information content (AvgIpc) is 2.40. The Morgan fingerprint density at radius 2 is 2.00 bits per heavy atom. The molecule has 0 unspecified atom stereocenters. The second kappa shape index (κ2) is 7.17. The number of hydrogen-bond acceptors (Lipinski definition) is 4. The number of carbonyl (C=O) groups is 2. The lowest BCUT2D eigenvalue weighted by Gasteiger charge is -2.18. The quantitative estimate of drug-likeness (QED) is 0.748. The molecule has 1 atom stereocenters. The number of phenolic OH excluding ortho intramolecular Hbond substituents is 1. The van der Waals surface area contributed by atoms with Crippen molar-refractivity contribution in [2.75, 3.05) is 6.61 Å². The van der Waals surface area contributed by atoms with Gasteiger partial charge in [-0.05, 0) is 25.0 Å². The number of phenols is 1. The molecule has 3 N–H and O–H groups in total. The van der Waals surface area contributed by atoms with Crippen molar-refractivity contribution in [3.05, 3.63) is 22.7 Å². The van der Waals surface area contributed by atoms with E-state index in [0.717, 1.165) is 0 Å². The maximum Gasteiger partial charge on any atom is 0.326 e. The van der Waals surface area contributed by atoms with E-state index >= 15 is 0 Å². The summed E-state index contributed by atoms with van der Waals surface area (Å²) in [6.45, 7) is 5.39. The van der Waals surface area contributed by atoms with Crippen molar-refractivity contribution in [1.82, 2.24) is 5.32 Å². The average molecular weight is 316 g/mol. The van der Waals surface area contributed by atoms with Gasteiger partial charge in [-0.1, -0.05) is 25.4 Å². The summed E-state index contributed by atoms with van der Waals surface area (Å²) in [5.74, 6) is -2.17. The molecule has 1 aromatic carbocycles. The van der Waals surface area contributed by atoms with Crippen molar-refractivity contribution in [2.24, 2.45) is 5.92 Å². The number of benzene rings is 1. The fraction of sp³-hybridized carbons (Fsp3) is 0.429. The van der Waals surface area contributed by atoms with Gasteiger partial charge >= 0.3 is 5.97 Å². The minimum absolute atomic E-state index is 0.0393. The van der Waals surface area contributed by atoms with Crippen LogP contribution in [0.2, 0.25) is 5.02 Å². The molecule has 1 amide bonds. The maximum absolute atomic E-state index is 12.1. The molecule has 0 bridgehead atoms. The lowest BCUT2D eigenvalue weighted by Crippen LogP contribution is -2.44. The fourth-order valence-corrected chi connectivity index (χ4v) is 1.92. The Hall–Kier alpha value is -1.95. The topological polar surface area (TPSA) is 95.9 Å². The van der Waals surface area contributed by atoms with Crippen LogP contribution < -0.4 is 10.1 Å². The number of amides is 1. The molecule has 0 heterocycles. The first-order valence-corrected chi connectivity index (χ1v) is 6.84. The van der Waals surface area contributed by atoms with Gasteiger partial charge < -0.3 is 20.3 Å². The van der Waals surface area contributed by atoms with Crippen molar-refractivity contribution in [3.8, 4) is 11.5 Å². The van der Waals surface area contributed by atoms with Crippen molar-refractivity contribution in [3.63, 3.8) is 0 Å². The fourth-order valence-electron chi connectivity index (χ4n) is 1.71. The van der Waals surface area contributed by atoms with Gasteiger partial charge in [0.05, 0.1) is 11.6 Å². The molecule has 0 spiro atoms. The smallest absolute Gasteiger partial charge is 0.326 e. The zero-order chi connectivity index (χ0) is 16.2. The SMILES string of the molecule is CCOc1cc(C(=O)N[C@@H](C(=O)O)C(C)C)cc(Cl)c1O. The lowest BCUT2D eigenvalue weighted by atomic mass is 10.0. The van der Waals surface area contributed by atoms with E-state index in [2.05, 4.69) is 5.32 Å². The van der Waals surface area contributed by atoms with E-state index in [0.29, 0.717) is 6.61 Å². The summed E-state index contributed by atoms with van der Waals surface area (Å²) >= 11 is 5.83. The summed E-state index contributed by atoms with van der Waals surface area (Å²) in [5.41, 5.74) is 0.119. The van der Waals surface area contributed by atoms with Gasteiger partial charge in [0.25, 0.3) is 5.91 Å². The molecule has 0 aromatic heterocycles. The van der Waals surface area contributed by atoms with Gasteiger partial charge in [0, 0.05) is 5.56 Å². The summed E-state index contributed by atoms with van der Waals surface area (Å²) < 4.78 is 5.18. The molecule has 7 heteroatoms. The van der Waals surface area contributed by atoms with Crippen LogP contribution in [0.5, 0.6) is 11.5 Å². The number of rotatable bonds is 6. The third kappa shape index (κ3) is 4.26. The maximum atomic E-state index is 12.1. The Labute approximate surface area is 127 Å². The molecule has 6 nitrogen and oxygen atoms in total. The first kappa shape index (κ1) is 17.1. The zero-order valence-corrected chi connectivity index (χ0v) is 12.8. The molecule has 1 rings (SSSR count). The number of carboxylic acids is 1. The highest BCUT2D eigenvalue weighted by Crippen LogP contribution is 2.35. The van der Waals surface area contributed by atoms with Gasteiger partial charge in [0.1, 0.15) is 6.04 Å². The Balaban J connectivity index is 3.04. The highest BCUT2D eigenvalue weighted by atomic mass is 35.5. The summed E-state index contributed by atoms with van der Waals surface area (Å²) in [6, 6.07) is 1.56. The number of ether oxygens (including phenoxy) is 1. The largest absolute Gasteiger partial charge is 0.503 e. The minimum atomic E-state index is -1.12. The standard InChI is InChI=1S/C14H18ClNO5/c1-4-21-10-6-8(5-9(15)12(10)17)13(18)16-11(7(2)3)14(19)20/h5-7,11,17H,4H2,1-3H3,(H,16,18)(H,19,20)/t11-/m1/s1. The third-order valence-corrected chi connectivity index (χ3v) is 3.10. The van der Waals surface area contributed by atoms with Gasteiger partial charge in [-0.25, -0.2) is 4.79 Å². The first-order valence-electron chi connectivity index (χ1n) is 6.46. The predicted molar refractivity (Wildman–Crippen MR) is 78.0 cm³/mol. The van der Waals surface area contributed by atoms with E-state index in [1.807, 2.05) is 0 Å². The second-order valence-corrected chi connectivity index (χ2v) is 5.18. The van der Waals surface area contributed by atoms with E-state index in [1.165, 1.54) is 12.1 Å². The molecular formula is C14H18ClNO5. The Kier molecular flexibility index (Phi) is 5.84. The van der Waals surface area contributed by atoms with Gasteiger partial charge in [-0.2, -0.15) is 0 Å². The third-order valence-electron chi connectivity index (χ3n) is 2.81. The molecule has 1 aromatic rings. The van der Waals surface area contributed by atoms with Crippen molar-refractivity contribution < 1.29 is 24.5 Å². The number of nitrogens with one attached hydrogen (secondary N) is 1. The highest BCUT2D eigenvalue weighted by molar-refractivity contribution is 6.32. The second-order valence-electron chi connectivity index (χ2n) is 4.77. The molecule has 0 saturated carbocycles. The highest BCUT2D eigenvalue weighted by Gasteiger charge is 2.24. The van der Waals surface area contributed by atoms with E-state index in [9.17, 15) is 14.7 Å². The number of aliphatic carboxylic acids is 1. The summed E-state index contributed by atoms with van der Waals surface area (Å²) in [5, 5.41) is 21.2. The van der Waals surface area contributed by atoms with Crippen LogP contribution in [0, 0.1) is 5.92 Å². The number of hydrogen-bond donors (Lipinski definition) is 3. The molecule has 0 aliphatic rings. The molecule has 0 aliphatic heterocycles. The normalized spacial score (nSPS) is 12.0. The van der Waals surface area contributed by atoms with Crippen LogP contribution >= 0.6 is 11.6 Å². The number of aromatic hydroxyl groups is 1. The van der Waals surface area contributed by atoms with Crippen LogP contribution in [0.1, 0.15) is 31.1 Å². The molecular weight excluding hydrogens is 298 g/mol. The van der Waals surface area contributed by atoms with Crippen LogP contribution in [-0.4, -0.2) is 34.7 Å². The van der Waals surface area contributed by atoms with Gasteiger partial charge in [-0.15, -0.1) is 0 Å². The van der Waals surface area contributed by atoms with Crippen LogP contribution in [0.3, 0.4) is 0 Å². The monoisotopic (exact) mass is 315 g/mol. The van der Waals surface area contributed by atoms with Crippen LogP contribution in [-0.2, 0) is 4.79 Å². The Morgan fingerprint density at radius 3 is 2.48 bits per heavy atom. The number of carboxylic acid groups (broad SMARTS) is 1. The number of halogens is 1. The molecule has 0 radical (unpaired) electrons. The Bertz CT molecular complexity index is 544. The molecule has 116 valence electrons. The summed E-state index contributed by atoms with van der Waals surface area (Å²) in [6.07, 6.45) is 0. The Morgan fingerprint density at radius 1 is 1.38 bits per heavy atom. The minimum Gasteiger partial charge on any atom is -0.503 e. The molecule has 0 saturated heterocycles.